The minimum absolute atomic E-state index is 0.115. The molecule has 7 nitrogen and oxygen atoms in total. The molecule has 0 saturated heterocycles. The molecule has 0 fully saturated rings. The second-order valence-electron chi connectivity index (χ2n) is 4.80. The molecule has 120 valence electrons. The topological polar surface area (TPSA) is 96.9 Å². The second-order valence-corrected chi connectivity index (χ2v) is 5.80. The fourth-order valence-corrected chi connectivity index (χ4v) is 2.93. The summed E-state index contributed by atoms with van der Waals surface area (Å²) in [4.78, 5) is 36.6. The van der Waals surface area contributed by atoms with Crippen LogP contribution < -0.4 is 10.9 Å². The first-order valence-corrected chi connectivity index (χ1v) is 7.86. The van der Waals surface area contributed by atoms with E-state index in [0.717, 1.165) is 10.6 Å². The molecule has 0 bridgehead atoms. The SMILES string of the molecule is Cc1nc(-c2ccccc2)sc1C(=O)NNC(=O)c1cnccn1. The summed E-state index contributed by atoms with van der Waals surface area (Å²) in [5.41, 5.74) is 6.33. The van der Waals surface area contributed by atoms with Gasteiger partial charge in [-0.25, -0.2) is 9.97 Å². The highest BCUT2D eigenvalue weighted by atomic mass is 32.1. The number of benzene rings is 1. The van der Waals surface area contributed by atoms with Gasteiger partial charge in [0.15, 0.2) is 0 Å². The van der Waals surface area contributed by atoms with Gasteiger partial charge in [0.25, 0.3) is 11.8 Å². The van der Waals surface area contributed by atoms with E-state index in [9.17, 15) is 9.59 Å². The molecule has 3 rings (SSSR count). The van der Waals surface area contributed by atoms with E-state index in [0.29, 0.717) is 10.6 Å². The highest BCUT2D eigenvalue weighted by Crippen LogP contribution is 2.27. The minimum atomic E-state index is -0.540. The van der Waals surface area contributed by atoms with Crippen LogP contribution in [0.4, 0.5) is 0 Å². The fourth-order valence-electron chi connectivity index (χ4n) is 1.96. The van der Waals surface area contributed by atoms with Crippen LogP contribution in [0.5, 0.6) is 0 Å². The van der Waals surface area contributed by atoms with Gasteiger partial charge in [-0.3, -0.25) is 25.4 Å². The lowest BCUT2D eigenvalue weighted by Crippen LogP contribution is -2.41. The van der Waals surface area contributed by atoms with Crippen LogP contribution in [0.25, 0.3) is 10.6 Å². The molecule has 0 aliphatic carbocycles. The van der Waals surface area contributed by atoms with Crippen molar-refractivity contribution in [3.63, 3.8) is 0 Å². The molecule has 0 unspecified atom stereocenters. The first-order valence-electron chi connectivity index (χ1n) is 7.04. The Hall–Kier alpha value is -3.13. The average molecular weight is 339 g/mol. The molecule has 0 aliphatic rings. The second kappa shape index (κ2) is 6.97. The molecule has 0 saturated carbocycles. The van der Waals surface area contributed by atoms with Crippen LogP contribution in [-0.4, -0.2) is 26.8 Å². The molecule has 2 amide bonds. The molecule has 3 aromatic rings. The molecule has 0 spiro atoms. The number of carbonyl (C=O) groups is 2. The highest BCUT2D eigenvalue weighted by molar-refractivity contribution is 7.17. The van der Waals surface area contributed by atoms with E-state index in [1.165, 1.54) is 29.9 Å². The number of rotatable bonds is 3. The predicted molar refractivity (Wildman–Crippen MR) is 89.3 cm³/mol. The fraction of sp³-hybridized carbons (Fsp3) is 0.0625. The Morgan fingerprint density at radius 2 is 1.79 bits per heavy atom. The quantitative estimate of drug-likeness (QED) is 0.711. The number of aromatic nitrogens is 3. The standard InChI is InChI=1S/C16H13N5O2S/c1-10-13(24-16(19-10)11-5-3-2-4-6-11)15(23)21-20-14(22)12-9-17-7-8-18-12/h2-9H,1H3,(H,20,22)(H,21,23). The van der Waals surface area contributed by atoms with Gasteiger partial charge in [0.1, 0.15) is 15.6 Å². The van der Waals surface area contributed by atoms with Gasteiger partial charge in [-0.2, -0.15) is 0 Å². The number of thiazole rings is 1. The highest BCUT2D eigenvalue weighted by Gasteiger charge is 2.17. The zero-order valence-electron chi connectivity index (χ0n) is 12.7. The van der Waals surface area contributed by atoms with Gasteiger partial charge >= 0.3 is 0 Å². The van der Waals surface area contributed by atoms with E-state index in [1.54, 1.807) is 6.92 Å². The average Bonchev–Trinajstić information content (AvgIpc) is 3.03. The molecule has 8 heteroatoms. The monoisotopic (exact) mass is 339 g/mol. The van der Waals surface area contributed by atoms with Crippen molar-refractivity contribution in [3.8, 4) is 10.6 Å². The van der Waals surface area contributed by atoms with Crippen molar-refractivity contribution in [1.29, 1.82) is 0 Å². The lowest BCUT2D eigenvalue weighted by Gasteiger charge is -2.05. The largest absolute Gasteiger partial charge is 0.289 e. The smallest absolute Gasteiger partial charge is 0.266 e. The minimum Gasteiger partial charge on any atom is -0.266 e. The third-order valence-corrected chi connectivity index (χ3v) is 4.31. The molecule has 1 aromatic carbocycles. The number of carbonyl (C=O) groups excluding carboxylic acids is 2. The Bertz CT molecular complexity index is 865. The van der Waals surface area contributed by atoms with Crippen LogP contribution in [0, 0.1) is 6.92 Å². The predicted octanol–water partition coefficient (Wildman–Crippen LogP) is 1.98. The Morgan fingerprint density at radius 1 is 1.04 bits per heavy atom. The Balaban J connectivity index is 1.70. The summed E-state index contributed by atoms with van der Waals surface area (Å²) in [7, 11) is 0. The summed E-state index contributed by atoms with van der Waals surface area (Å²) in [5, 5.41) is 0.749. The summed E-state index contributed by atoms with van der Waals surface area (Å²) in [6.07, 6.45) is 4.17. The number of hydrazine groups is 1. The molecule has 2 heterocycles. The van der Waals surface area contributed by atoms with E-state index < -0.39 is 11.8 Å². The van der Waals surface area contributed by atoms with Gasteiger partial charge in [0, 0.05) is 18.0 Å². The third kappa shape index (κ3) is 3.44. The van der Waals surface area contributed by atoms with Crippen molar-refractivity contribution < 1.29 is 9.59 Å². The lowest BCUT2D eigenvalue weighted by atomic mass is 10.2. The molecule has 0 aliphatic heterocycles. The van der Waals surface area contributed by atoms with Crippen molar-refractivity contribution in [3.05, 3.63) is 65.2 Å². The van der Waals surface area contributed by atoms with Gasteiger partial charge in [-0.05, 0) is 6.92 Å². The molecule has 2 aromatic heterocycles. The van der Waals surface area contributed by atoms with Gasteiger partial charge < -0.3 is 0 Å². The van der Waals surface area contributed by atoms with E-state index in [-0.39, 0.29) is 5.69 Å². The third-order valence-electron chi connectivity index (χ3n) is 3.11. The Labute approximate surface area is 141 Å². The van der Waals surface area contributed by atoms with Crippen molar-refractivity contribution in [2.24, 2.45) is 0 Å². The summed E-state index contributed by atoms with van der Waals surface area (Å²) in [6.45, 7) is 1.75. The molecule has 0 radical (unpaired) electrons. The summed E-state index contributed by atoms with van der Waals surface area (Å²) in [6, 6.07) is 9.59. The van der Waals surface area contributed by atoms with Gasteiger partial charge in [0.2, 0.25) is 0 Å². The van der Waals surface area contributed by atoms with Gasteiger partial charge in [-0.15, -0.1) is 11.3 Å². The van der Waals surface area contributed by atoms with E-state index >= 15 is 0 Å². The van der Waals surface area contributed by atoms with Crippen molar-refractivity contribution in [2.75, 3.05) is 0 Å². The van der Waals surface area contributed by atoms with Crippen LogP contribution in [-0.2, 0) is 0 Å². The Kier molecular flexibility index (Phi) is 4.57. The molecular formula is C16H13N5O2S. The first kappa shape index (κ1) is 15.8. The molecule has 2 N–H and O–H groups in total. The zero-order valence-corrected chi connectivity index (χ0v) is 13.5. The van der Waals surface area contributed by atoms with E-state index in [4.69, 9.17) is 0 Å². The maximum absolute atomic E-state index is 12.3. The number of hydrogen-bond acceptors (Lipinski definition) is 6. The van der Waals surface area contributed by atoms with Crippen LogP contribution in [0.1, 0.15) is 25.9 Å². The van der Waals surface area contributed by atoms with Crippen LogP contribution >= 0.6 is 11.3 Å². The molecule has 0 atom stereocenters. The molecule has 24 heavy (non-hydrogen) atoms. The first-order chi connectivity index (χ1) is 11.6. The van der Waals surface area contributed by atoms with Crippen LogP contribution in [0.3, 0.4) is 0 Å². The number of aryl methyl sites for hydroxylation is 1. The van der Waals surface area contributed by atoms with Crippen LogP contribution in [0.2, 0.25) is 0 Å². The van der Waals surface area contributed by atoms with Gasteiger partial charge in [-0.1, -0.05) is 30.3 Å². The van der Waals surface area contributed by atoms with Crippen molar-refractivity contribution >= 4 is 23.2 Å². The zero-order chi connectivity index (χ0) is 16.9. The molecular weight excluding hydrogens is 326 g/mol. The van der Waals surface area contributed by atoms with Crippen molar-refractivity contribution in [1.82, 2.24) is 25.8 Å². The summed E-state index contributed by atoms with van der Waals surface area (Å²) in [5.74, 6) is -0.966. The number of nitrogens with zero attached hydrogens (tertiary/aromatic N) is 3. The number of amides is 2. The van der Waals surface area contributed by atoms with Gasteiger partial charge in [0.05, 0.1) is 11.9 Å². The lowest BCUT2D eigenvalue weighted by molar-refractivity contribution is 0.0845. The maximum atomic E-state index is 12.3. The van der Waals surface area contributed by atoms with Crippen molar-refractivity contribution in [2.45, 2.75) is 6.92 Å². The van der Waals surface area contributed by atoms with E-state index in [2.05, 4.69) is 25.8 Å². The number of hydrogen-bond donors (Lipinski definition) is 2. The summed E-state index contributed by atoms with van der Waals surface area (Å²) < 4.78 is 0. The summed E-state index contributed by atoms with van der Waals surface area (Å²) >= 11 is 1.27. The maximum Gasteiger partial charge on any atom is 0.289 e. The Morgan fingerprint density at radius 3 is 2.50 bits per heavy atom. The van der Waals surface area contributed by atoms with Crippen LogP contribution in [0.15, 0.2) is 48.9 Å². The number of nitrogens with one attached hydrogen (secondary N) is 2. The van der Waals surface area contributed by atoms with E-state index in [1.807, 2.05) is 30.3 Å². The normalized spacial score (nSPS) is 10.2.